The van der Waals surface area contributed by atoms with Crippen LogP contribution in [0.4, 0.5) is 15.9 Å². The van der Waals surface area contributed by atoms with E-state index >= 15 is 0 Å². The lowest BCUT2D eigenvalue weighted by Crippen LogP contribution is -2.32. The Morgan fingerprint density at radius 2 is 2.12 bits per heavy atom. The molecule has 2 N–H and O–H groups in total. The molecule has 4 aromatic rings. The molecule has 1 saturated heterocycles. The fraction of sp³-hybridized carbons (Fsp3) is 0.231. The highest BCUT2D eigenvalue weighted by atomic mass is 35.5. The molecule has 34 heavy (non-hydrogen) atoms. The number of halogens is 2. The molecule has 2 aromatic heterocycles. The van der Waals surface area contributed by atoms with Crippen LogP contribution in [0, 0.1) is 17.7 Å². The summed E-state index contributed by atoms with van der Waals surface area (Å²) in [5.74, 6) is 7.55. The smallest absolute Gasteiger partial charge is 0.151 e. The van der Waals surface area contributed by atoms with E-state index in [9.17, 15) is 4.39 Å². The third-order valence-electron chi connectivity index (χ3n) is 5.47. The van der Waals surface area contributed by atoms with E-state index in [2.05, 4.69) is 32.4 Å². The van der Waals surface area contributed by atoms with Crippen molar-refractivity contribution in [3.05, 3.63) is 76.1 Å². The van der Waals surface area contributed by atoms with Crippen molar-refractivity contribution in [2.45, 2.75) is 31.9 Å². The van der Waals surface area contributed by atoms with E-state index in [1.165, 1.54) is 31.3 Å². The number of rotatable bonds is 5. The van der Waals surface area contributed by atoms with Gasteiger partial charge in [-0.05, 0) is 67.8 Å². The number of nitrogens with zero attached hydrogens (tertiary/aromatic N) is 2. The summed E-state index contributed by atoms with van der Waals surface area (Å²) in [6, 6.07) is 14.0. The Bertz CT molecular complexity index is 1370. The summed E-state index contributed by atoms with van der Waals surface area (Å²) in [4.78, 5) is 9.78. The number of hydrogen-bond donors (Lipinski definition) is 2. The van der Waals surface area contributed by atoms with Gasteiger partial charge < -0.3 is 15.4 Å². The standard InChI is InChI=1S/C26H22ClFN4OS/c27-22-13-20(8-10-24(22)33-15-17-4-3-5-18(28)12-17)32-26-25-23(30-16-31-26)14-21(34-25)9-7-19-6-1-2-11-29-19/h3-5,8,10,12-14,16,19,29H,1-2,6,11,15H2,(H,30,31,32). The number of anilines is 2. The molecule has 8 heteroatoms. The Kier molecular flexibility index (Phi) is 6.91. The number of aromatic nitrogens is 2. The van der Waals surface area contributed by atoms with Crippen LogP contribution in [-0.2, 0) is 6.61 Å². The predicted octanol–water partition coefficient (Wildman–Crippen LogP) is 6.30. The number of ether oxygens (including phenoxy) is 1. The van der Waals surface area contributed by atoms with Crippen molar-refractivity contribution in [1.29, 1.82) is 0 Å². The van der Waals surface area contributed by atoms with Crippen LogP contribution in [0.1, 0.15) is 29.7 Å². The molecule has 0 spiro atoms. The number of piperidine rings is 1. The molecule has 5 nitrogen and oxygen atoms in total. The van der Waals surface area contributed by atoms with Crippen LogP contribution in [0.2, 0.25) is 5.02 Å². The molecule has 1 aliphatic rings. The lowest BCUT2D eigenvalue weighted by molar-refractivity contribution is 0.306. The fourth-order valence-electron chi connectivity index (χ4n) is 3.76. The lowest BCUT2D eigenvalue weighted by Gasteiger charge is -2.17. The maximum atomic E-state index is 13.4. The van der Waals surface area contributed by atoms with E-state index in [-0.39, 0.29) is 18.5 Å². The Morgan fingerprint density at radius 1 is 1.18 bits per heavy atom. The molecule has 3 heterocycles. The van der Waals surface area contributed by atoms with Gasteiger partial charge in [-0.3, -0.25) is 0 Å². The summed E-state index contributed by atoms with van der Waals surface area (Å²) in [6.07, 6.45) is 5.06. The molecule has 0 aliphatic carbocycles. The van der Waals surface area contributed by atoms with Crippen LogP contribution in [0.25, 0.3) is 10.2 Å². The molecule has 0 radical (unpaired) electrons. The van der Waals surface area contributed by atoms with Crippen LogP contribution < -0.4 is 15.4 Å². The second-order valence-electron chi connectivity index (χ2n) is 8.01. The predicted molar refractivity (Wildman–Crippen MR) is 135 cm³/mol. The van der Waals surface area contributed by atoms with Crippen molar-refractivity contribution in [3.8, 4) is 17.6 Å². The summed E-state index contributed by atoms with van der Waals surface area (Å²) < 4.78 is 20.1. The van der Waals surface area contributed by atoms with Gasteiger partial charge in [-0.1, -0.05) is 35.6 Å². The molecule has 0 amide bonds. The molecule has 1 aliphatic heterocycles. The van der Waals surface area contributed by atoms with Gasteiger partial charge in [0.25, 0.3) is 0 Å². The van der Waals surface area contributed by atoms with Gasteiger partial charge in [-0.25, -0.2) is 14.4 Å². The normalized spacial score (nSPS) is 15.5. The largest absolute Gasteiger partial charge is 0.487 e. The first-order valence-corrected chi connectivity index (χ1v) is 12.3. The van der Waals surface area contributed by atoms with Crippen LogP contribution >= 0.6 is 22.9 Å². The SMILES string of the molecule is Fc1cccc(COc2ccc(Nc3ncnc4cc(C#CC5CCCCN5)sc34)cc2Cl)c1. The maximum absolute atomic E-state index is 13.4. The van der Waals surface area contributed by atoms with E-state index in [4.69, 9.17) is 16.3 Å². The van der Waals surface area contributed by atoms with Crippen molar-refractivity contribution >= 4 is 44.7 Å². The van der Waals surface area contributed by atoms with Crippen LogP contribution in [0.5, 0.6) is 5.75 Å². The first kappa shape index (κ1) is 22.6. The molecule has 172 valence electrons. The van der Waals surface area contributed by atoms with E-state index < -0.39 is 0 Å². The van der Waals surface area contributed by atoms with Gasteiger partial charge >= 0.3 is 0 Å². The van der Waals surface area contributed by atoms with Gasteiger partial charge in [0.15, 0.2) is 5.82 Å². The molecule has 0 saturated carbocycles. The highest BCUT2D eigenvalue weighted by Crippen LogP contribution is 2.33. The average molecular weight is 493 g/mol. The molecule has 5 rings (SSSR count). The van der Waals surface area contributed by atoms with Gasteiger partial charge in [0, 0.05) is 5.69 Å². The molecule has 1 unspecified atom stereocenters. The summed E-state index contributed by atoms with van der Waals surface area (Å²) in [5, 5.41) is 7.22. The van der Waals surface area contributed by atoms with Gasteiger partial charge in [0.1, 0.15) is 24.5 Å². The number of nitrogens with one attached hydrogen (secondary N) is 2. The van der Waals surface area contributed by atoms with Crippen LogP contribution in [-0.4, -0.2) is 22.6 Å². The molecule has 0 bridgehead atoms. The Hall–Kier alpha value is -3.18. The highest BCUT2D eigenvalue weighted by molar-refractivity contribution is 7.20. The Morgan fingerprint density at radius 3 is 2.94 bits per heavy atom. The zero-order valence-corrected chi connectivity index (χ0v) is 19.8. The highest BCUT2D eigenvalue weighted by Gasteiger charge is 2.12. The molecular weight excluding hydrogens is 471 g/mol. The van der Waals surface area contributed by atoms with Gasteiger partial charge in [-0.2, -0.15) is 0 Å². The third-order valence-corrected chi connectivity index (χ3v) is 6.81. The summed E-state index contributed by atoms with van der Waals surface area (Å²) >= 11 is 8.01. The summed E-state index contributed by atoms with van der Waals surface area (Å²) in [7, 11) is 0. The van der Waals surface area contributed by atoms with Gasteiger partial charge in [-0.15, -0.1) is 11.3 Å². The molecule has 1 atom stereocenters. The van der Waals surface area contributed by atoms with E-state index in [0.717, 1.165) is 39.3 Å². The number of benzene rings is 2. The monoisotopic (exact) mass is 492 g/mol. The lowest BCUT2D eigenvalue weighted by atomic mass is 10.1. The van der Waals surface area contributed by atoms with Gasteiger partial charge in [0.2, 0.25) is 0 Å². The summed E-state index contributed by atoms with van der Waals surface area (Å²) in [5.41, 5.74) is 2.36. The fourth-order valence-corrected chi connectivity index (χ4v) is 4.91. The minimum absolute atomic E-state index is 0.228. The molecule has 1 fully saturated rings. The van der Waals surface area contributed by atoms with Crippen molar-refractivity contribution in [2.24, 2.45) is 0 Å². The summed E-state index contributed by atoms with van der Waals surface area (Å²) in [6.45, 7) is 1.26. The van der Waals surface area contributed by atoms with Crippen molar-refractivity contribution in [3.63, 3.8) is 0 Å². The zero-order chi connectivity index (χ0) is 23.3. The van der Waals surface area contributed by atoms with Gasteiger partial charge in [0.05, 0.1) is 26.2 Å². The first-order valence-electron chi connectivity index (χ1n) is 11.1. The first-order chi connectivity index (χ1) is 16.6. The number of fused-ring (bicyclic) bond motifs is 1. The number of thiophene rings is 1. The Balaban J connectivity index is 1.30. The second kappa shape index (κ2) is 10.4. The van der Waals surface area contributed by atoms with Crippen LogP contribution in [0.15, 0.2) is 54.9 Å². The quantitative estimate of drug-likeness (QED) is 0.320. The minimum Gasteiger partial charge on any atom is -0.487 e. The third kappa shape index (κ3) is 5.48. The second-order valence-corrected chi connectivity index (χ2v) is 9.47. The van der Waals surface area contributed by atoms with Crippen molar-refractivity contribution < 1.29 is 9.13 Å². The Labute approximate surface area is 206 Å². The van der Waals surface area contributed by atoms with E-state index in [1.54, 1.807) is 35.6 Å². The topological polar surface area (TPSA) is 59.1 Å². The maximum Gasteiger partial charge on any atom is 0.151 e. The van der Waals surface area contributed by atoms with E-state index in [1.807, 2.05) is 12.1 Å². The van der Waals surface area contributed by atoms with Crippen molar-refractivity contribution in [1.82, 2.24) is 15.3 Å². The minimum atomic E-state index is -0.295. The van der Waals surface area contributed by atoms with E-state index in [0.29, 0.717) is 16.6 Å². The zero-order valence-electron chi connectivity index (χ0n) is 18.3. The molecular formula is C26H22ClFN4OS. The average Bonchev–Trinajstić information content (AvgIpc) is 3.27. The number of hydrogen-bond acceptors (Lipinski definition) is 6. The molecule has 2 aromatic carbocycles. The van der Waals surface area contributed by atoms with Crippen LogP contribution in [0.3, 0.4) is 0 Å². The van der Waals surface area contributed by atoms with Crippen molar-refractivity contribution in [2.75, 3.05) is 11.9 Å².